The minimum atomic E-state index is -0.251. The van der Waals surface area contributed by atoms with Gasteiger partial charge in [0.25, 0.3) is 5.56 Å². The van der Waals surface area contributed by atoms with Gasteiger partial charge in [-0.2, -0.15) is 4.68 Å². The molecule has 170 valence electrons. The molecule has 0 spiro atoms. The zero-order chi connectivity index (χ0) is 23.5. The second-order valence-electron chi connectivity index (χ2n) is 8.28. The van der Waals surface area contributed by atoms with Gasteiger partial charge in [-0.25, -0.2) is 0 Å². The monoisotopic (exact) mass is 464 g/mol. The van der Waals surface area contributed by atoms with Crippen LogP contribution in [0.15, 0.2) is 59.4 Å². The smallest absolute Gasteiger partial charge is 0.271 e. The number of aryl methyl sites for hydroxylation is 1. The maximum absolute atomic E-state index is 12.9. The first kappa shape index (κ1) is 22.7. The minimum Gasteiger partial charge on any atom is -0.354 e. The maximum atomic E-state index is 12.9. The van der Waals surface area contributed by atoms with Crippen molar-refractivity contribution in [3.63, 3.8) is 0 Å². The molecule has 2 heterocycles. The van der Waals surface area contributed by atoms with E-state index in [1.54, 1.807) is 36.4 Å². The topological polar surface area (TPSA) is 84.3 Å². The molecule has 0 bridgehead atoms. The summed E-state index contributed by atoms with van der Waals surface area (Å²) in [6, 6.07) is 15.4. The van der Waals surface area contributed by atoms with E-state index in [1.807, 2.05) is 24.0 Å². The Morgan fingerprint density at radius 3 is 2.55 bits per heavy atom. The molecule has 1 fully saturated rings. The van der Waals surface area contributed by atoms with Crippen molar-refractivity contribution < 1.29 is 9.59 Å². The molecule has 4 rings (SSSR count). The van der Waals surface area contributed by atoms with Crippen molar-refractivity contribution in [1.29, 1.82) is 0 Å². The molecule has 3 aromatic rings. The van der Waals surface area contributed by atoms with E-state index in [-0.39, 0.29) is 23.2 Å². The molecule has 8 heteroatoms. The van der Waals surface area contributed by atoms with Crippen molar-refractivity contribution in [3.8, 4) is 5.69 Å². The van der Waals surface area contributed by atoms with Crippen LogP contribution < -0.4 is 15.8 Å². The van der Waals surface area contributed by atoms with Gasteiger partial charge in [0.05, 0.1) is 11.6 Å². The number of piperidine rings is 1. The summed E-state index contributed by atoms with van der Waals surface area (Å²) in [6.45, 7) is 4.65. The molecule has 1 aliphatic rings. The Kier molecular flexibility index (Phi) is 6.60. The number of nitrogens with zero attached hydrogens (tertiary/aromatic N) is 3. The number of carbonyl (C=O) groups excluding carboxylic acids is 2. The standard InChI is InChI=1S/C25H25ClN4O3/c1-16-5-10-21(14-22(16)26)30-24(32)12-11-23(28-30)29-13-3-4-19(15-29)25(33)27-20-8-6-18(7-9-20)17(2)31/h5-12,14,19H,3-4,13,15H2,1-2H3,(H,27,33)/t19-/m1/s1. The number of Topliss-reactive ketones (excluding diaryl/α,β-unsaturated/α-hetero) is 1. The average Bonchev–Trinajstić information content (AvgIpc) is 2.81. The van der Waals surface area contributed by atoms with Gasteiger partial charge in [0.1, 0.15) is 5.82 Å². The highest BCUT2D eigenvalue weighted by Gasteiger charge is 2.27. The van der Waals surface area contributed by atoms with Crippen molar-refractivity contribution in [2.75, 3.05) is 23.3 Å². The average molecular weight is 465 g/mol. The normalized spacial score (nSPS) is 15.8. The Labute approximate surface area is 197 Å². The van der Waals surface area contributed by atoms with Crippen LogP contribution in [-0.4, -0.2) is 34.6 Å². The largest absolute Gasteiger partial charge is 0.354 e. The molecular formula is C25H25ClN4O3. The van der Waals surface area contributed by atoms with Gasteiger partial charge < -0.3 is 10.2 Å². The number of nitrogens with one attached hydrogen (secondary N) is 1. The predicted molar refractivity (Wildman–Crippen MR) is 130 cm³/mol. The van der Waals surface area contributed by atoms with Gasteiger partial charge in [-0.15, -0.1) is 5.10 Å². The predicted octanol–water partition coefficient (Wildman–Crippen LogP) is 4.25. The van der Waals surface area contributed by atoms with Gasteiger partial charge in [-0.05, 0) is 74.7 Å². The Hall–Kier alpha value is -3.45. The van der Waals surface area contributed by atoms with E-state index < -0.39 is 0 Å². The lowest BCUT2D eigenvalue weighted by atomic mass is 9.97. The second kappa shape index (κ2) is 9.58. The van der Waals surface area contributed by atoms with E-state index >= 15 is 0 Å². The number of anilines is 2. The second-order valence-corrected chi connectivity index (χ2v) is 8.69. The van der Waals surface area contributed by atoms with Crippen molar-refractivity contribution >= 4 is 34.8 Å². The molecule has 0 radical (unpaired) electrons. The van der Waals surface area contributed by atoms with Crippen molar-refractivity contribution in [3.05, 3.63) is 81.1 Å². The van der Waals surface area contributed by atoms with Gasteiger partial charge in [0, 0.05) is 35.4 Å². The molecule has 0 unspecified atom stereocenters. The van der Waals surface area contributed by atoms with Crippen LogP contribution in [0.5, 0.6) is 0 Å². The first-order chi connectivity index (χ1) is 15.8. The summed E-state index contributed by atoms with van der Waals surface area (Å²) in [5.74, 6) is 0.322. The van der Waals surface area contributed by atoms with Gasteiger partial charge in [-0.3, -0.25) is 14.4 Å². The summed E-state index contributed by atoms with van der Waals surface area (Å²) in [5, 5.41) is 8.06. The number of hydrogen-bond donors (Lipinski definition) is 1. The highest BCUT2D eigenvalue weighted by atomic mass is 35.5. The van der Waals surface area contributed by atoms with E-state index in [0.717, 1.165) is 24.9 Å². The van der Waals surface area contributed by atoms with Crippen LogP contribution in [0.25, 0.3) is 5.69 Å². The molecule has 1 aromatic heterocycles. The first-order valence-electron chi connectivity index (χ1n) is 10.9. The van der Waals surface area contributed by atoms with E-state index in [2.05, 4.69) is 10.4 Å². The maximum Gasteiger partial charge on any atom is 0.271 e. The van der Waals surface area contributed by atoms with E-state index in [0.29, 0.717) is 34.3 Å². The van der Waals surface area contributed by atoms with Crippen LogP contribution in [-0.2, 0) is 4.79 Å². The number of carbonyl (C=O) groups is 2. The van der Waals surface area contributed by atoms with Gasteiger partial charge >= 0.3 is 0 Å². The molecule has 1 N–H and O–H groups in total. The fourth-order valence-corrected chi connectivity index (χ4v) is 4.08. The lowest BCUT2D eigenvalue weighted by Crippen LogP contribution is -2.41. The van der Waals surface area contributed by atoms with Crippen molar-refractivity contribution in [2.24, 2.45) is 5.92 Å². The molecule has 0 aliphatic carbocycles. The zero-order valence-electron chi connectivity index (χ0n) is 18.5. The highest BCUT2D eigenvalue weighted by Crippen LogP contribution is 2.24. The van der Waals surface area contributed by atoms with Crippen molar-refractivity contribution in [1.82, 2.24) is 9.78 Å². The zero-order valence-corrected chi connectivity index (χ0v) is 19.3. The van der Waals surface area contributed by atoms with Crippen LogP contribution in [0.4, 0.5) is 11.5 Å². The Morgan fingerprint density at radius 2 is 1.85 bits per heavy atom. The summed E-state index contributed by atoms with van der Waals surface area (Å²) < 4.78 is 1.33. The number of aromatic nitrogens is 2. The number of ketones is 1. The summed E-state index contributed by atoms with van der Waals surface area (Å²) in [7, 11) is 0. The Bertz CT molecular complexity index is 1250. The molecule has 1 aliphatic heterocycles. The summed E-state index contributed by atoms with van der Waals surface area (Å²) in [4.78, 5) is 38.8. The SMILES string of the molecule is CC(=O)c1ccc(NC(=O)[C@@H]2CCCN(c3ccc(=O)n(-c4ccc(C)c(Cl)c4)n3)C2)cc1. The molecule has 2 aromatic carbocycles. The van der Waals surface area contributed by atoms with Crippen LogP contribution >= 0.6 is 11.6 Å². The molecule has 33 heavy (non-hydrogen) atoms. The quantitative estimate of drug-likeness (QED) is 0.570. The molecule has 7 nitrogen and oxygen atoms in total. The van der Waals surface area contributed by atoms with Crippen LogP contribution in [0.1, 0.15) is 35.7 Å². The summed E-state index contributed by atoms with van der Waals surface area (Å²) >= 11 is 6.23. The van der Waals surface area contributed by atoms with Crippen LogP contribution in [0.2, 0.25) is 5.02 Å². The molecule has 1 saturated heterocycles. The molecule has 1 amide bonds. The third-order valence-corrected chi connectivity index (χ3v) is 6.27. The first-order valence-corrected chi connectivity index (χ1v) is 11.2. The van der Waals surface area contributed by atoms with E-state index in [4.69, 9.17) is 11.6 Å². The van der Waals surface area contributed by atoms with Crippen LogP contribution in [0, 0.1) is 12.8 Å². The molecule has 1 atom stereocenters. The third-order valence-electron chi connectivity index (χ3n) is 5.86. The van der Waals surface area contributed by atoms with E-state index in [9.17, 15) is 14.4 Å². The highest BCUT2D eigenvalue weighted by molar-refractivity contribution is 6.31. The number of benzene rings is 2. The van der Waals surface area contributed by atoms with Gasteiger partial charge in [0.15, 0.2) is 5.78 Å². The van der Waals surface area contributed by atoms with Gasteiger partial charge in [0.2, 0.25) is 5.91 Å². The third kappa shape index (κ3) is 5.14. The Morgan fingerprint density at radius 1 is 1.09 bits per heavy atom. The Balaban J connectivity index is 1.50. The van der Waals surface area contributed by atoms with Crippen LogP contribution in [0.3, 0.4) is 0 Å². The number of hydrogen-bond acceptors (Lipinski definition) is 5. The lowest BCUT2D eigenvalue weighted by molar-refractivity contribution is -0.120. The summed E-state index contributed by atoms with van der Waals surface area (Å²) in [6.07, 6.45) is 1.60. The van der Waals surface area contributed by atoms with Gasteiger partial charge in [-0.1, -0.05) is 17.7 Å². The minimum absolute atomic E-state index is 0.0162. The lowest BCUT2D eigenvalue weighted by Gasteiger charge is -2.33. The molecular weight excluding hydrogens is 440 g/mol. The number of amides is 1. The fourth-order valence-electron chi connectivity index (χ4n) is 3.90. The van der Waals surface area contributed by atoms with Crippen molar-refractivity contribution in [2.45, 2.75) is 26.7 Å². The van der Waals surface area contributed by atoms with E-state index in [1.165, 1.54) is 17.7 Å². The summed E-state index contributed by atoms with van der Waals surface area (Å²) in [5.41, 5.74) is 2.53. The fraction of sp³-hybridized carbons (Fsp3) is 0.280. The molecule has 0 saturated carbocycles. The number of rotatable bonds is 5. The number of halogens is 1.